The van der Waals surface area contributed by atoms with Crippen molar-refractivity contribution in [2.75, 3.05) is 56.5 Å². The van der Waals surface area contributed by atoms with Gasteiger partial charge in [0.05, 0.1) is 11.2 Å². The van der Waals surface area contributed by atoms with E-state index >= 15 is 8.78 Å². The van der Waals surface area contributed by atoms with E-state index < -0.39 is 29.1 Å². The summed E-state index contributed by atoms with van der Waals surface area (Å²) in [5.74, 6) is -3.15. The summed E-state index contributed by atoms with van der Waals surface area (Å²) in [6, 6.07) is 7.08. The fraction of sp³-hybridized carbons (Fsp3) is 0.345. The molecule has 0 bridgehead atoms. The van der Waals surface area contributed by atoms with E-state index in [0.717, 1.165) is 45.1 Å². The highest BCUT2D eigenvalue weighted by Gasteiger charge is 2.26. The summed E-state index contributed by atoms with van der Waals surface area (Å²) in [5.41, 5.74) is 1.32. The van der Waals surface area contributed by atoms with Gasteiger partial charge in [-0.2, -0.15) is 0 Å². The summed E-state index contributed by atoms with van der Waals surface area (Å²) in [6.07, 6.45) is 1.13. The van der Waals surface area contributed by atoms with Crippen LogP contribution in [0.15, 0.2) is 36.7 Å². The van der Waals surface area contributed by atoms with E-state index in [2.05, 4.69) is 32.1 Å². The van der Waals surface area contributed by atoms with Crippen molar-refractivity contribution in [3.8, 4) is 11.6 Å². The maximum atomic E-state index is 15.3. The molecule has 0 spiro atoms. The fourth-order valence-corrected chi connectivity index (χ4v) is 4.86. The molecule has 1 saturated heterocycles. The Hall–Kier alpha value is -4.32. The Labute approximate surface area is 235 Å². The van der Waals surface area contributed by atoms with E-state index in [1.807, 2.05) is 4.90 Å². The molecule has 1 amide bonds. The number of hydrogen-bond acceptors (Lipinski definition) is 7. The van der Waals surface area contributed by atoms with Crippen molar-refractivity contribution in [3.05, 3.63) is 65.4 Å². The van der Waals surface area contributed by atoms with E-state index in [1.54, 1.807) is 33.0 Å². The first-order valence-electron chi connectivity index (χ1n) is 13.5. The van der Waals surface area contributed by atoms with Gasteiger partial charge in [0.2, 0.25) is 5.88 Å². The Morgan fingerprint density at radius 2 is 1.83 bits per heavy atom. The Kier molecular flexibility index (Phi) is 8.02. The van der Waals surface area contributed by atoms with Crippen LogP contribution < -0.4 is 15.0 Å². The molecule has 9 nitrogen and oxygen atoms in total. The summed E-state index contributed by atoms with van der Waals surface area (Å²) in [7, 11) is 1.57. The number of carbonyl (C=O) groups excluding carboxylic acids is 1. The number of H-pyrrole nitrogens is 1. The van der Waals surface area contributed by atoms with Crippen LogP contribution in [0.4, 0.5) is 30.4 Å². The number of anilines is 3. The maximum absolute atomic E-state index is 15.3. The number of halogens is 3. The predicted molar refractivity (Wildman–Crippen MR) is 152 cm³/mol. The van der Waals surface area contributed by atoms with Crippen molar-refractivity contribution >= 4 is 34.0 Å². The van der Waals surface area contributed by atoms with Crippen LogP contribution in [0.2, 0.25) is 0 Å². The normalized spacial score (nSPS) is 14.0. The molecule has 2 aromatic heterocycles. The van der Waals surface area contributed by atoms with Crippen LogP contribution in [0, 0.1) is 24.4 Å². The zero-order chi connectivity index (χ0) is 29.3. The number of nitrogens with zero attached hydrogens (tertiary/aromatic N) is 5. The average molecular weight is 568 g/mol. The number of aromatic amines is 1. The first-order valence-corrected chi connectivity index (χ1v) is 13.5. The van der Waals surface area contributed by atoms with Gasteiger partial charge in [0.25, 0.3) is 5.91 Å². The quantitative estimate of drug-likeness (QED) is 0.293. The Bertz CT molecular complexity index is 1580. The van der Waals surface area contributed by atoms with Crippen LogP contribution in [0.5, 0.6) is 11.6 Å². The number of rotatable bonds is 8. The highest BCUT2D eigenvalue weighted by Crippen LogP contribution is 2.35. The van der Waals surface area contributed by atoms with Crippen molar-refractivity contribution in [2.45, 2.75) is 20.8 Å². The molecular weight excluding hydrogens is 535 g/mol. The number of amides is 1. The minimum Gasteiger partial charge on any atom is -0.435 e. The molecular formula is C29H32F3N7O2. The van der Waals surface area contributed by atoms with Gasteiger partial charge in [0.15, 0.2) is 23.2 Å². The van der Waals surface area contributed by atoms with Gasteiger partial charge in [-0.15, -0.1) is 0 Å². The lowest BCUT2D eigenvalue weighted by atomic mass is 10.2. The number of aryl methyl sites for hydroxylation is 1. The molecule has 0 atom stereocenters. The highest BCUT2D eigenvalue weighted by molar-refractivity contribution is 6.01. The molecule has 12 heteroatoms. The molecule has 2 N–H and O–H groups in total. The Morgan fingerprint density at radius 3 is 2.51 bits per heavy atom. The van der Waals surface area contributed by atoms with Gasteiger partial charge < -0.3 is 29.7 Å². The molecule has 0 saturated carbocycles. The lowest BCUT2D eigenvalue weighted by molar-refractivity contribution is 0.0799. The molecule has 0 unspecified atom stereocenters. The third-order valence-corrected chi connectivity index (χ3v) is 7.33. The third-order valence-electron chi connectivity index (χ3n) is 7.33. The Morgan fingerprint density at radius 1 is 1.07 bits per heavy atom. The molecule has 2 aromatic carbocycles. The van der Waals surface area contributed by atoms with Crippen LogP contribution in [0.25, 0.3) is 10.9 Å². The van der Waals surface area contributed by atoms with E-state index in [-0.39, 0.29) is 28.2 Å². The molecule has 4 aromatic rings. The van der Waals surface area contributed by atoms with Crippen LogP contribution in [-0.2, 0) is 0 Å². The second kappa shape index (κ2) is 11.7. The molecule has 1 aliphatic heterocycles. The van der Waals surface area contributed by atoms with Gasteiger partial charge in [-0.05, 0) is 44.7 Å². The standard InChI is InChI=1S/C29H32F3N7O2/c1-5-37(4)29(40)24-27(36-18-7-8-22(20(30)14-18)39-11-9-38(6-2)10-12-39)33-16-34-28(24)41-23-15-21(31)26-19(25(23)32)13-17(3)35-26/h7-8,13-16,35H,5-6,9-12H2,1-4H3,(H,33,34,36). The second-order valence-corrected chi connectivity index (χ2v) is 9.95. The zero-order valence-electron chi connectivity index (χ0n) is 23.4. The molecule has 5 rings (SSSR count). The Balaban J connectivity index is 1.48. The number of carbonyl (C=O) groups is 1. The van der Waals surface area contributed by atoms with Crippen LogP contribution >= 0.6 is 0 Å². The minimum atomic E-state index is -0.807. The molecule has 1 aliphatic rings. The first kappa shape index (κ1) is 28.2. The van der Waals surface area contributed by atoms with Gasteiger partial charge in [-0.3, -0.25) is 4.79 Å². The molecule has 0 radical (unpaired) electrons. The third kappa shape index (κ3) is 5.64. The topological polar surface area (TPSA) is 89.6 Å². The summed E-state index contributed by atoms with van der Waals surface area (Å²) in [6.45, 7) is 10.0. The van der Waals surface area contributed by atoms with Crippen molar-refractivity contribution in [1.29, 1.82) is 0 Å². The smallest absolute Gasteiger partial charge is 0.262 e. The van der Waals surface area contributed by atoms with Crippen LogP contribution in [0.3, 0.4) is 0 Å². The SMILES string of the molecule is CCN1CCN(c2ccc(Nc3ncnc(Oc4cc(F)c5[nH]c(C)cc5c4F)c3C(=O)N(C)CC)cc2F)CC1. The number of hydrogen-bond donors (Lipinski definition) is 2. The van der Waals surface area contributed by atoms with Crippen molar-refractivity contribution in [1.82, 2.24) is 24.8 Å². The van der Waals surface area contributed by atoms with E-state index in [1.165, 1.54) is 17.0 Å². The second-order valence-electron chi connectivity index (χ2n) is 9.95. The monoisotopic (exact) mass is 567 g/mol. The summed E-state index contributed by atoms with van der Waals surface area (Å²) < 4.78 is 51.0. The van der Waals surface area contributed by atoms with Gasteiger partial charge >= 0.3 is 0 Å². The predicted octanol–water partition coefficient (Wildman–Crippen LogP) is 5.45. The largest absolute Gasteiger partial charge is 0.435 e. The van der Waals surface area contributed by atoms with Crippen molar-refractivity contribution in [3.63, 3.8) is 0 Å². The fourth-order valence-electron chi connectivity index (χ4n) is 4.86. The zero-order valence-corrected chi connectivity index (χ0v) is 23.4. The lowest BCUT2D eigenvalue weighted by Crippen LogP contribution is -2.46. The number of fused-ring (bicyclic) bond motifs is 1. The van der Waals surface area contributed by atoms with Crippen molar-refractivity contribution < 1.29 is 22.7 Å². The van der Waals surface area contributed by atoms with Gasteiger partial charge in [-0.1, -0.05) is 6.92 Å². The first-order chi connectivity index (χ1) is 19.7. The van der Waals surface area contributed by atoms with E-state index in [9.17, 15) is 9.18 Å². The number of benzene rings is 2. The average Bonchev–Trinajstić information content (AvgIpc) is 3.38. The molecule has 1 fully saturated rings. The summed E-state index contributed by atoms with van der Waals surface area (Å²) in [4.78, 5) is 30.2. The van der Waals surface area contributed by atoms with E-state index in [4.69, 9.17) is 4.74 Å². The van der Waals surface area contributed by atoms with Gasteiger partial charge in [-0.25, -0.2) is 23.1 Å². The van der Waals surface area contributed by atoms with Crippen LogP contribution in [0.1, 0.15) is 29.9 Å². The number of likely N-dealkylation sites (N-methyl/N-ethyl adjacent to an activating group) is 1. The van der Waals surface area contributed by atoms with Gasteiger partial charge in [0, 0.05) is 62.6 Å². The molecule has 0 aliphatic carbocycles. The van der Waals surface area contributed by atoms with E-state index in [0.29, 0.717) is 23.6 Å². The molecule has 216 valence electrons. The number of piperazine rings is 1. The van der Waals surface area contributed by atoms with Gasteiger partial charge in [0.1, 0.15) is 17.7 Å². The summed E-state index contributed by atoms with van der Waals surface area (Å²) >= 11 is 0. The van der Waals surface area contributed by atoms with Crippen molar-refractivity contribution in [2.24, 2.45) is 0 Å². The highest BCUT2D eigenvalue weighted by atomic mass is 19.1. The number of aromatic nitrogens is 3. The lowest BCUT2D eigenvalue weighted by Gasteiger charge is -2.35. The number of ether oxygens (including phenoxy) is 1. The van der Waals surface area contributed by atoms with Crippen LogP contribution in [-0.4, -0.2) is 77.0 Å². The molecule has 41 heavy (non-hydrogen) atoms. The number of nitrogens with one attached hydrogen (secondary N) is 2. The maximum Gasteiger partial charge on any atom is 0.262 e. The summed E-state index contributed by atoms with van der Waals surface area (Å²) in [5, 5.41) is 3.00. The minimum absolute atomic E-state index is 0.00938. The molecule has 3 heterocycles.